The van der Waals surface area contributed by atoms with Crippen molar-refractivity contribution < 1.29 is 0 Å². The lowest BCUT2D eigenvalue weighted by Crippen LogP contribution is -2.25. The van der Waals surface area contributed by atoms with Crippen LogP contribution in [0.4, 0.5) is 0 Å². The maximum absolute atomic E-state index is 5.84. The van der Waals surface area contributed by atoms with Gasteiger partial charge >= 0.3 is 0 Å². The van der Waals surface area contributed by atoms with E-state index in [0.29, 0.717) is 12.0 Å². The highest BCUT2D eigenvalue weighted by atomic mass is 79.9. The van der Waals surface area contributed by atoms with E-state index >= 15 is 0 Å². The standard InChI is InChI=1S/C9H13BrN2S/c1-8(2)4-9(8,5-11)6-3-13-7(10)12-6/h3H,4-5,11H2,1-2H3. The summed E-state index contributed by atoms with van der Waals surface area (Å²) in [4.78, 5) is 4.47. The summed E-state index contributed by atoms with van der Waals surface area (Å²) in [6, 6.07) is 0. The molecule has 13 heavy (non-hydrogen) atoms. The van der Waals surface area contributed by atoms with Crippen molar-refractivity contribution in [2.45, 2.75) is 25.7 Å². The molecule has 0 bridgehead atoms. The molecule has 2 N–H and O–H groups in total. The molecule has 1 fully saturated rings. The summed E-state index contributed by atoms with van der Waals surface area (Å²) in [5.74, 6) is 0. The molecule has 0 spiro atoms. The van der Waals surface area contributed by atoms with Crippen LogP contribution >= 0.6 is 27.3 Å². The van der Waals surface area contributed by atoms with Crippen LogP contribution < -0.4 is 5.73 Å². The highest BCUT2D eigenvalue weighted by Crippen LogP contribution is 2.63. The van der Waals surface area contributed by atoms with Gasteiger partial charge in [-0.05, 0) is 27.8 Å². The van der Waals surface area contributed by atoms with Crippen LogP contribution in [0.5, 0.6) is 0 Å². The minimum atomic E-state index is 0.148. The van der Waals surface area contributed by atoms with Gasteiger partial charge in [-0.15, -0.1) is 11.3 Å². The van der Waals surface area contributed by atoms with Gasteiger partial charge in [-0.1, -0.05) is 13.8 Å². The van der Waals surface area contributed by atoms with E-state index in [9.17, 15) is 0 Å². The molecule has 1 aromatic heterocycles. The molecule has 4 heteroatoms. The van der Waals surface area contributed by atoms with Crippen molar-refractivity contribution in [2.75, 3.05) is 6.54 Å². The zero-order valence-electron chi connectivity index (χ0n) is 7.80. The molecule has 1 aliphatic carbocycles. The highest BCUT2D eigenvalue weighted by Gasteiger charge is 2.62. The van der Waals surface area contributed by atoms with Gasteiger partial charge < -0.3 is 5.73 Å². The van der Waals surface area contributed by atoms with Gasteiger partial charge in [0.1, 0.15) is 0 Å². The van der Waals surface area contributed by atoms with E-state index in [1.807, 2.05) is 0 Å². The molecule has 1 aliphatic rings. The maximum Gasteiger partial charge on any atom is 0.159 e. The Balaban J connectivity index is 2.35. The van der Waals surface area contributed by atoms with Crippen molar-refractivity contribution in [2.24, 2.45) is 11.1 Å². The van der Waals surface area contributed by atoms with E-state index in [-0.39, 0.29) is 5.41 Å². The predicted molar refractivity (Wildman–Crippen MR) is 58.9 cm³/mol. The quantitative estimate of drug-likeness (QED) is 0.888. The fourth-order valence-electron chi connectivity index (χ4n) is 2.07. The fourth-order valence-corrected chi connectivity index (χ4v) is 3.18. The van der Waals surface area contributed by atoms with Crippen LogP contribution in [0.2, 0.25) is 0 Å². The normalized spacial score (nSPS) is 30.5. The Morgan fingerprint density at radius 2 is 2.31 bits per heavy atom. The van der Waals surface area contributed by atoms with Gasteiger partial charge in [-0.2, -0.15) is 0 Å². The first-order valence-electron chi connectivity index (χ1n) is 4.33. The van der Waals surface area contributed by atoms with E-state index < -0.39 is 0 Å². The second-order valence-electron chi connectivity index (χ2n) is 4.33. The number of rotatable bonds is 2. The molecule has 0 saturated heterocycles. The lowest BCUT2D eigenvalue weighted by atomic mass is 9.93. The summed E-state index contributed by atoms with van der Waals surface area (Å²) < 4.78 is 0.957. The summed E-state index contributed by atoms with van der Waals surface area (Å²) in [6.07, 6.45) is 1.16. The Labute approximate surface area is 90.7 Å². The molecule has 2 nitrogen and oxygen atoms in total. The SMILES string of the molecule is CC1(C)CC1(CN)c1csc(Br)n1. The van der Waals surface area contributed by atoms with Gasteiger partial charge in [0.15, 0.2) is 3.92 Å². The van der Waals surface area contributed by atoms with Crippen molar-refractivity contribution in [3.8, 4) is 0 Å². The second-order valence-corrected chi connectivity index (χ2v) is 6.47. The van der Waals surface area contributed by atoms with Crippen molar-refractivity contribution in [3.63, 3.8) is 0 Å². The van der Waals surface area contributed by atoms with Crippen LogP contribution in [0.1, 0.15) is 26.0 Å². The number of thiazole rings is 1. The lowest BCUT2D eigenvalue weighted by Gasteiger charge is -2.15. The van der Waals surface area contributed by atoms with Crippen LogP contribution in [0.3, 0.4) is 0 Å². The van der Waals surface area contributed by atoms with E-state index in [0.717, 1.165) is 16.0 Å². The molecule has 1 saturated carbocycles. The van der Waals surface area contributed by atoms with Crippen molar-refractivity contribution >= 4 is 27.3 Å². The Hall–Kier alpha value is 0.0700. The molecule has 1 unspecified atom stereocenters. The summed E-state index contributed by atoms with van der Waals surface area (Å²) in [7, 11) is 0. The van der Waals surface area contributed by atoms with Crippen molar-refractivity contribution in [1.82, 2.24) is 4.98 Å². The summed E-state index contributed by atoms with van der Waals surface area (Å²) in [5, 5.41) is 2.12. The van der Waals surface area contributed by atoms with Crippen LogP contribution in [-0.4, -0.2) is 11.5 Å². The molecular formula is C9H13BrN2S. The van der Waals surface area contributed by atoms with Gasteiger partial charge in [0, 0.05) is 17.3 Å². The molecular weight excluding hydrogens is 248 g/mol. The van der Waals surface area contributed by atoms with Gasteiger partial charge in [0.25, 0.3) is 0 Å². The maximum atomic E-state index is 5.84. The minimum Gasteiger partial charge on any atom is -0.330 e. The van der Waals surface area contributed by atoms with E-state index in [2.05, 4.69) is 40.1 Å². The molecule has 0 radical (unpaired) electrons. The topological polar surface area (TPSA) is 38.9 Å². The zero-order valence-corrected chi connectivity index (χ0v) is 10.2. The van der Waals surface area contributed by atoms with Crippen LogP contribution in [-0.2, 0) is 5.41 Å². The Morgan fingerprint density at radius 3 is 2.62 bits per heavy atom. The minimum absolute atomic E-state index is 0.148. The fraction of sp³-hybridized carbons (Fsp3) is 0.667. The average Bonchev–Trinajstić information content (AvgIpc) is 2.43. The first-order valence-corrected chi connectivity index (χ1v) is 6.01. The molecule has 0 aromatic carbocycles. The first-order chi connectivity index (χ1) is 6.02. The lowest BCUT2D eigenvalue weighted by molar-refractivity contribution is 0.494. The zero-order chi connectivity index (χ0) is 9.69. The molecule has 1 aromatic rings. The molecule has 72 valence electrons. The van der Waals surface area contributed by atoms with E-state index in [4.69, 9.17) is 5.73 Å². The number of nitrogens with two attached hydrogens (primary N) is 1. The van der Waals surface area contributed by atoms with Gasteiger partial charge in [-0.3, -0.25) is 0 Å². The Morgan fingerprint density at radius 1 is 1.69 bits per heavy atom. The summed E-state index contributed by atoms with van der Waals surface area (Å²) in [6.45, 7) is 5.22. The summed E-state index contributed by atoms with van der Waals surface area (Å²) in [5.41, 5.74) is 7.48. The van der Waals surface area contributed by atoms with Crippen molar-refractivity contribution in [1.29, 1.82) is 0 Å². The first kappa shape index (κ1) is 9.62. The monoisotopic (exact) mass is 260 g/mol. The Bertz CT molecular complexity index is 334. The third kappa shape index (κ3) is 1.27. The van der Waals surface area contributed by atoms with E-state index in [1.54, 1.807) is 11.3 Å². The number of nitrogens with zero attached hydrogens (tertiary/aromatic N) is 1. The predicted octanol–water partition coefficient (Wildman–Crippen LogP) is 2.53. The second kappa shape index (κ2) is 2.78. The smallest absolute Gasteiger partial charge is 0.159 e. The summed E-state index contributed by atoms with van der Waals surface area (Å²) >= 11 is 5.02. The number of hydrogen-bond donors (Lipinski definition) is 1. The third-order valence-corrected chi connectivity index (χ3v) is 4.59. The number of aromatic nitrogens is 1. The van der Waals surface area contributed by atoms with Crippen molar-refractivity contribution in [3.05, 3.63) is 15.0 Å². The molecule has 1 atom stereocenters. The third-order valence-electron chi connectivity index (χ3n) is 3.23. The number of halogens is 1. The largest absolute Gasteiger partial charge is 0.330 e. The van der Waals surface area contributed by atoms with Crippen LogP contribution in [0.25, 0.3) is 0 Å². The Kier molecular flexibility index (Phi) is 2.06. The molecule has 0 amide bonds. The average molecular weight is 261 g/mol. The molecule has 0 aliphatic heterocycles. The molecule has 2 rings (SSSR count). The molecule has 1 heterocycles. The van der Waals surface area contributed by atoms with Crippen LogP contribution in [0.15, 0.2) is 9.30 Å². The number of hydrogen-bond acceptors (Lipinski definition) is 3. The van der Waals surface area contributed by atoms with Crippen LogP contribution in [0, 0.1) is 5.41 Å². The van der Waals surface area contributed by atoms with Gasteiger partial charge in [0.2, 0.25) is 0 Å². The van der Waals surface area contributed by atoms with Gasteiger partial charge in [-0.25, -0.2) is 4.98 Å². The highest BCUT2D eigenvalue weighted by molar-refractivity contribution is 9.11. The van der Waals surface area contributed by atoms with E-state index in [1.165, 1.54) is 0 Å². The van der Waals surface area contributed by atoms with Gasteiger partial charge in [0.05, 0.1) is 5.69 Å².